The molecule has 4 nitrogen and oxygen atoms in total. The lowest BCUT2D eigenvalue weighted by molar-refractivity contribution is 0.0712. The third kappa shape index (κ3) is 2.93. The molecule has 23 heavy (non-hydrogen) atoms. The molecular formula is C17H16BrN3OS. The van der Waals surface area contributed by atoms with Crippen LogP contribution in [0.25, 0.3) is 11.0 Å². The van der Waals surface area contributed by atoms with Crippen LogP contribution < -0.4 is 0 Å². The van der Waals surface area contributed by atoms with Crippen molar-refractivity contribution < 1.29 is 4.79 Å². The van der Waals surface area contributed by atoms with Gasteiger partial charge in [-0.25, -0.2) is 4.98 Å². The summed E-state index contributed by atoms with van der Waals surface area (Å²) in [5, 5.41) is 1.91. The molecule has 1 saturated heterocycles. The second-order valence-electron chi connectivity index (χ2n) is 5.85. The maximum Gasteiger partial charge on any atom is 0.254 e. The van der Waals surface area contributed by atoms with Gasteiger partial charge in [-0.2, -0.15) is 0 Å². The first-order valence-corrected chi connectivity index (χ1v) is 9.36. The van der Waals surface area contributed by atoms with Gasteiger partial charge in [-0.3, -0.25) is 4.79 Å². The fourth-order valence-corrected chi connectivity index (χ4v) is 4.26. The van der Waals surface area contributed by atoms with E-state index in [4.69, 9.17) is 4.98 Å². The van der Waals surface area contributed by atoms with Crippen molar-refractivity contribution in [2.45, 2.75) is 18.8 Å². The Labute approximate surface area is 146 Å². The monoisotopic (exact) mass is 389 g/mol. The SMILES string of the molecule is O=C(c1csc(Br)c1)N1CCC(c2nc3ccccc3[nH]2)CC1. The number of imidazole rings is 1. The summed E-state index contributed by atoms with van der Waals surface area (Å²) in [5.41, 5.74) is 2.89. The summed E-state index contributed by atoms with van der Waals surface area (Å²) in [7, 11) is 0. The van der Waals surface area contributed by atoms with Crippen molar-refractivity contribution in [3.05, 3.63) is 50.9 Å². The fraction of sp³-hybridized carbons (Fsp3) is 0.294. The molecule has 0 saturated carbocycles. The highest BCUT2D eigenvalue weighted by molar-refractivity contribution is 9.11. The predicted octanol–water partition coefficient (Wildman–Crippen LogP) is 4.41. The molecule has 0 unspecified atom stereocenters. The van der Waals surface area contributed by atoms with Gasteiger partial charge in [0.15, 0.2) is 0 Å². The summed E-state index contributed by atoms with van der Waals surface area (Å²) in [4.78, 5) is 22.6. The Balaban J connectivity index is 1.45. The molecule has 3 aromatic rings. The minimum atomic E-state index is 0.134. The van der Waals surface area contributed by atoms with Gasteiger partial charge in [-0.15, -0.1) is 11.3 Å². The van der Waals surface area contributed by atoms with Crippen LogP contribution in [0.15, 0.2) is 39.5 Å². The first-order valence-electron chi connectivity index (χ1n) is 7.68. The average molecular weight is 390 g/mol. The van der Waals surface area contributed by atoms with E-state index < -0.39 is 0 Å². The number of amides is 1. The van der Waals surface area contributed by atoms with Crippen molar-refractivity contribution in [3.8, 4) is 0 Å². The number of rotatable bonds is 2. The van der Waals surface area contributed by atoms with Gasteiger partial charge in [0.25, 0.3) is 5.91 Å². The molecule has 1 fully saturated rings. The molecule has 0 bridgehead atoms. The lowest BCUT2D eigenvalue weighted by Crippen LogP contribution is -2.37. The number of likely N-dealkylation sites (tertiary alicyclic amines) is 1. The van der Waals surface area contributed by atoms with Gasteiger partial charge < -0.3 is 9.88 Å². The minimum absolute atomic E-state index is 0.134. The van der Waals surface area contributed by atoms with Crippen LogP contribution in [0.5, 0.6) is 0 Å². The highest BCUT2D eigenvalue weighted by Crippen LogP contribution is 2.29. The summed E-state index contributed by atoms with van der Waals surface area (Å²) in [6.45, 7) is 1.57. The molecule has 0 spiro atoms. The first-order chi connectivity index (χ1) is 11.2. The maximum atomic E-state index is 12.5. The van der Waals surface area contributed by atoms with E-state index in [0.717, 1.165) is 52.1 Å². The smallest absolute Gasteiger partial charge is 0.254 e. The lowest BCUT2D eigenvalue weighted by atomic mass is 9.96. The van der Waals surface area contributed by atoms with E-state index in [1.54, 1.807) is 11.3 Å². The molecule has 6 heteroatoms. The standard InChI is InChI=1S/C17H16BrN3OS/c18-15-9-12(10-23-15)17(22)21-7-5-11(6-8-21)16-19-13-3-1-2-4-14(13)20-16/h1-4,9-11H,5-8H2,(H,19,20). The molecule has 1 aliphatic rings. The number of hydrogen-bond donors (Lipinski definition) is 1. The number of thiophene rings is 1. The Morgan fingerprint density at radius 2 is 2.09 bits per heavy atom. The van der Waals surface area contributed by atoms with E-state index in [1.165, 1.54) is 0 Å². The van der Waals surface area contributed by atoms with Gasteiger partial charge in [0.1, 0.15) is 5.82 Å². The van der Waals surface area contributed by atoms with E-state index in [2.05, 4.69) is 27.0 Å². The van der Waals surface area contributed by atoms with Gasteiger partial charge in [0.2, 0.25) is 0 Å². The Bertz CT molecular complexity index is 815. The number of benzene rings is 1. The van der Waals surface area contributed by atoms with Crippen LogP contribution in [-0.4, -0.2) is 33.9 Å². The van der Waals surface area contributed by atoms with E-state index in [0.29, 0.717) is 5.92 Å². The number of aromatic nitrogens is 2. The van der Waals surface area contributed by atoms with Crippen molar-refractivity contribution in [2.24, 2.45) is 0 Å². The topological polar surface area (TPSA) is 49.0 Å². The highest BCUT2D eigenvalue weighted by Gasteiger charge is 2.26. The zero-order valence-corrected chi connectivity index (χ0v) is 14.9. The van der Waals surface area contributed by atoms with Crippen LogP contribution >= 0.6 is 27.3 Å². The Kier molecular flexibility index (Phi) is 3.95. The van der Waals surface area contributed by atoms with Crippen LogP contribution in [0.2, 0.25) is 0 Å². The Hall–Kier alpha value is -1.66. The van der Waals surface area contributed by atoms with Gasteiger partial charge in [0, 0.05) is 24.4 Å². The number of hydrogen-bond acceptors (Lipinski definition) is 3. The number of fused-ring (bicyclic) bond motifs is 1. The van der Waals surface area contributed by atoms with Crippen molar-refractivity contribution >= 4 is 44.2 Å². The molecule has 118 valence electrons. The van der Waals surface area contributed by atoms with Crippen LogP contribution in [0.1, 0.15) is 34.9 Å². The van der Waals surface area contributed by atoms with E-state index in [1.807, 2.05) is 34.5 Å². The van der Waals surface area contributed by atoms with Crippen molar-refractivity contribution in [2.75, 3.05) is 13.1 Å². The number of nitrogens with one attached hydrogen (secondary N) is 1. The summed E-state index contributed by atoms with van der Waals surface area (Å²) in [6, 6.07) is 10.0. The Morgan fingerprint density at radius 1 is 1.30 bits per heavy atom. The number of aromatic amines is 1. The van der Waals surface area contributed by atoms with Gasteiger partial charge >= 0.3 is 0 Å². The number of H-pyrrole nitrogens is 1. The number of halogens is 1. The minimum Gasteiger partial charge on any atom is -0.342 e. The second kappa shape index (κ2) is 6.09. The highest BCUT2D eigenvalue weighted by atomic mass is 79.9. The average Bonchev–Trinajstić information content (AvgIpc) is 3.20. The Morgan fingerprint density at radius 3 is 2.78 bits per heavy atom. The van der Waals surface area contributed by atoms with Crippen LogP contribution in [0, 0.1) is 0 Å². The quantitative estimate of drug-likeness (QED) is 0.705. The fourth-order valence-electron chi connectivity index (χ4n) is 3.13. The summed E-state index contributed by atoms with van der Waals surface area (Å²) >= 11 is 4.97. The normalized spacial score (nSPS) is 16.1. The zero-order valence-electron chi connectivity index (χ0n) is 12.5. The van der Waals surface area contributed by atoms with E-state index in [-0.39, 0.29) is 5.91 Å². The van der Waals surface area contributed by atoms with Gasteiger partial charge in [-0.05, 0) is 47.0 Å². The first kappa shape index (κ1) is 14.9. The second-order valence-corrected chi connectivity index (χ2v) is 8.14. The third-order valence-electron chi connectivity index (χ3n) is 4.39. The van der Waals surface area contributed by atoms with Crippen molar-refractivity contribution in [3.63, 3.8) is 0 Å². The molecular weight excluding hydrogens is 374 g/mol. The van der Waals surface area contributed by atoms with E-state index >= 15 is 0 Å². The van der Waals surface area contributed by atoms with Crippen LogP contribution in [-0.2, 0) is 0 Å². The largest absolute Gasteiger partial charge is 0.342 e. The van der Waals surface area contributed by atoms with Gasteiger partial charge in [0.05, 0.1) is 20.4 Å². The number of piperidine rings is 1. The van der Waals surface area contributed by atoms with E-state index in [9.17, 15) is 4.79 Å². The molecule has 0 radical (unpaired) electrons. The number of para-hydroxylation sites is 2. The molecule has 4 rings (SSSR count). The molecule has 0 aliphatic carbocycles. The molecule has 1 aliphatic heterocycles. The number of nitrogens with zero attached hydrogens (tertiary/aromatic N) is 2. The maximum absolute atomic E-state index is 12.5. The van der Waals surface area contributed by atoms with Crippen LogP contribution in [0.3, 0.4) is 0 Å². The molecule has 2 aromatic heterocycles. The third-order valence-corrected chi connectivity index (χ3v) is 5.90. The molecule has 1 N–H and O–H groups in total. The summed E-state index contributed by atoms with van der Waals surface area (Å²) in [5.74, 6) is 1.59. The molecule has 3 heterocycles. The zero-order chi connectivity index (χ0) is 15.8. The number of carbonyl (C=O) groups excluding carboxylic acids is 1. The van der Waals surface area contributed by atoms with Gasteiger partial charge in [-0.1, -0.05) is 12.1 Å². The molecule has 1 amide bonds. The van der Waals surface area contributed by atoms with Crippen molar-refractivity contribution in [1.82, 2.24) is 14.9 Å². The molecule has 1 aromatic carbocycles. The molecule has 0 atom stereocenters. The summed E-state index contributed by atoms with van der Waals surface area (Å²) < 4.78 is 0.998. The number of carbonyl (C=O) groups is 1. The van der Waals surface area contributed by atoms with Crippen molar-refractivity contribution in [1.29, 1.82) is 0 Å². The van der Waals surface area contributed by atoms with Crippen LogP contribution in [0.4, 0.5) is 0 Å². The lowest BCUT2D eigenvalue weighted by Gasteiger charge is -2.31. The predicted molar refractivity (Wildman–Crippen MR) is 96.0 cm³/mol. The summed E-state index contributed by atoms with van der Waals surface area (Å²) in [6.07, 6.45) is 1.91.